The van der Waals surface area contributed by atoms with Crippen LogP contribution in [0, 0.1) is 0 Å². The number of nitrogens with zero attached hydrogens (tertiary/aromatic N) is 1. The Bertz CT molecular complexity index is 256. The lowest BCUT2D eigenvalue weighted by Crippen LogP contribution is -2.27. The molecule has 0 fully saturated rings. The summed E-state index contributed by atoms with van der Waals surface area (Å²) in [6.07, 6.45) is 0. The third-order valence-corrected chi connectivity index (χ3v) is 2.17. The first-order chi connectivity index (χ1) is 6.24. The van der Waals surface area contributed by atoms with Crippen LogP contribution < -0.4 is 0 Å². The lowest BCUT2D eigenvalue weighted by Gasteiger charge is -2.22. The fourth-order valence-corrected chi connectivity index (χ4v) is 1.38. The molecular weight excluding hydrogens is 178 g/mol. The molecule has 0 heterocycles. The van der Waals surface area contributed by atoms with E-state index in [1.165, 1.54) is 5.56 Å². The average Bonchev–Trinajstić information content (AvgIpc) is 2.15. The van der Waals surface area contributed by atoms with Crippen LogP contribution in [0.4, 0.5) is 0 Å². The summed E-state index contributed by atoms with van der Waals surface area (Å²) in [6, 6.07) is 10.7. The molecular formula is C11H14NS. The van der Waals surface area contributed by atoms with E-state index in [0.29, 0.717) is 6.04 Å². The number of rotatable bonds is 4. The first-order valence-electron chi connectivity index (χ1n) is 4.42. The number of hydrogen-bond donors (Lipinski definition) is 0. The maximum absolute atomic E-state index is 4.82. The summed E-state index contributed by atoms with van der Waals surface area (Å²) in [4.78, 5) is 2.02. The van der Waals surface area contributed by atoms with Crippen molar-refractivity contribution in [2.45, 2.75) is 26.4 Å². The van der Waals surface area contributed by atoms with Gasteiger partial charge in [-0.1, -0.05) is 42.5 Å². The summed E-state index contributed by atoms with van der Waals surface area (Å²) in [6.45, 7) is 5.08. The first-order valence-corrected chi connectivity index (χ1v) is 4.83. The second kappa shape index (κ2) is 4.97. The van der Waals surface area contributed by atoms with Crippen molar-refractivity contribution in [2.24, 2.45) is 0 Å². The molecule has 69 valence electrons. The third-order valence-electron chi connectivity index (χ3n) is 1.94. The Hall–Kier alpha value is -0.890. The minimum absolute atomic E-state index is 0.415. The molecule has 1 aromatic carbocycles. The van der Waals surface area contributed by atoms with Crippen molar-refractivity contribution in [3.05, 3.63) is 35.9 Å². The Kier molecular flexibility index (Phi) is 3.90. The number of hydrogen-bond acceptors (Lipinski definition) is 1. The maximum atomic E-state index is 4.82. The number of benzene rings is 1. The minimum Gasteiger partial charge on any atom is -0.354 e. The predicted molar refractivity (Wildman–Crippen MR) is 59.7 cm³/mol. The highest BCUT2D eigenvalue weighted by Crippen LogP contribution is 2.05. The molecule has 0 atom stereocenters. The van der Waals surface area contributed by atoms with Crippen molar-refractivity contribution in [1.82, 2.24) is 4.90 Å². The van der Waals surface area contributed by atoms with E-state index in [9.17, 15) is 0 Å². The highest BCUT2D eigenvalue weighted by Gasteiger charge is 2.04. The molecule has 0 saturated carbocycles. The molecule has 0 N–H and O–H groups in total. The monoisotopic (exact) mass is 192 g/mol. The first kappa shape index (κ1) is 10.2. The van der Waals surface area contributed by atoms with Crippen LogP contribution in [-0.2, 0) is 6.54 Å². The normalized spacial score (nSPS) is 10.1. The van der Waals surface area contributed by atoms with Gasteiger partial charge in [0.05, 0.1) is 0 Å². The van der Waals surface area contributed by atoms with Crippen molar-refractivity contribution in [2.75, 3.05) is 0 Å². The van der Waals surface area contributed by atoms with Gasteiger partial charge in [-0.3, -0.25) is 0 Å². The largest absolute Gasteiger partial charge is 0.354 e. The van der Waals surface area contributed by atoms with E-state index in [2.05, 4.69) is 31.5 Å². The van der Waals surface area contributed by atoms with Crippen LogP contribution in [0.15, 0.2) is 30.3 Å². The van der Waals surface area contributed by atoms with Crippen molar-refractivity contribution in [3.8, 4) is 0 Å². The topological polar surface area (TPSA) is 3.24 Å². The Balaban J connectivity index is 2.62. The highest BCUT2D eigenvalue weighted by molar-refractivity contribution is 7.78. The molecule has 0 unspecified atom stereocenters. The molecule has 0 aliphatic carbocycles. The van der Waals surface area contributed by atoms with E-state index in [0.717, 1.165) is 6.54 Å². The van der Waals surface area contributed by atoms with Gasteiger partial charge in [0.25, 0.3) is 0 Å². The van der Waals surface area contributed by atoms with Crippen LogP contribution in [0.2, 0.25) is 0 Å². The second-order valence-corrected chi connectivity index (χ2v) is 3.48. The molecule has 0 aliphatic heterocycles. The molecule has 0 amide bonds. The summed E-state index contributed by atoms with van der Waals surface area (Å²) < 4.78 is 0. The van der Waals surface area contributed by atoms with Crippen molar-refractivity contribution < 1.29 is 0 Å². The van der Waals surface area contributed by atoms with Crippen LogP contribution in [0.25, 0.3) is 0 Å². The van der Waals surface area contributed by atoms with Crippen molar-refractivity contribution in [1.29, 1.82) is 0 Å². The Labute approximate surface area is 85.4 Å². The maximum Gasteiger partial charge on any atom is 0.137 e. The summed E-state index contributed by atoms with van der Waals surface area (Å²) >= 11 is 4.82. The molecule has 13 heavy (non-hydrogen) atoms. The zero-order chi connectivity index (χ0) is 9.68. The summed E-state index contributed by atoms with van der Waals surface area (Å²) in [5.74, 6) is 0. The second-order valence-electron chi connectivity index (χ2n) is 3.30. The average molecular weight is 192 g/mol. The Morgan fingerprint density at radius 1 is 1.31 bits per heavy atom. The van der Waals surface area contributed by atoms with Gasteiger partial charge < -0.3 is 4.90 Å². The van der Waals surface area contributed by atoms with Crippen LogP contribution in [0.5, 0.6) is 0 Å². The third kappa shape index (κ3) is 3.15. The quantitative estimate of drug-likeness (QED) is 0.533. The van der Waals surface area contributed by atoms with Gasteiger partial charge in [-0.15, -0.1) is 0 Å². The van der Waals surface area contributed by atoms with E-state index >= 15 is 0 Å². The highest BCUT2D eigenvalue weighted by atomic mass is 32.1. The molecule has 0 saturated heterocycles. The minimum atomic E-state index is 0.415. The molecule has 1 aromatic rings. The van der Waals surface area contributed by atoms with Gasteiger partial charge in [-0.2, -0.15) is 0 Å². The molecule has 1 radical (unpaired) electrons. The van der Waals surface area contributed by atoms with Crippen LogP contribution in [0.3, 0.4) is 0 Å². The molecule has 0 spiro atoms. The fraction of sp³-hybridized carbons (Fsp3) is 0.364. The van der Waals surface area contributed by atoms with E-state index in [4.69, 9.17) is 12.2 Å². The van der Waals surface area contributed by atoms with E-state index in [-0.39, 0.29) is 0 Å². The van der Waals surface area contributed by atoms with E-state index in [1.807, 2.05) is 23.1 Å². The zero-order valence-electron chi connectivity index (χ0n) is 8.03. The van der Waals surface area contributed by atoms with Crippen LogP contribution in [-0.4, -0.2) is 16.4 Å². The summed E-state index contributed by atoms with van der Waals surface area (Å²) in [7, 11) is 0. The zero-order valence-corrected chi connectivity index (χ0v) is 8.84. The summed E-state index contributed by atoms with van der Waals surface area (Å²) in [5, 5.41) is 0. The van der Waals surface area contributed by atoms with Gasteiger partial charge in [0.1, 0.15) is 5.49 Å². The van der Waals surface area contributed by atoms with Gasteiger partial charge in [-0.25, -0.2) is 0 Å². The smallest absolute Gasteiger partial charge is 0.137 e. The standard InChI is InChI=1S/C11H14NS/c1-10(2)12(9-13)8-11-6-4-3-5-7-11/h3-7,10H,8H2,1-2H3. The SMILES string of the molecule is CC(C)N([C]=S)Cc1ccccc1. The summed E-state index contributed by atoms with van der Waals surface area (Å²) in [5.41, 5.74) is 4.04. The predicted octanol–water partition coefficient (Wildman–Crippen LogP) is 2.73. The van der Waals surface area contributed by atoms with Gasteiger partial charge in [0.2, 0.25) is 0 Å². The lowest BCUT2D eigenvalue weighted by atomic mass is 10.2. The fourth-order valence-electron chi connectivity index (χ4n) is 1.10. The van der Waals surface area contributed by atoms with Gasteiger partial charge in [0.15, 0.2) is 0 Å². The van der Waals surface area contributed by atoms with E-state index in [1.54, 1.807) is 0 Å². The molecule has 0 aromatic heterocycles. The lowest BCUT2D eigenvalue weighted by molar-refractivity contribution is 0.358. The molecule has 2 heteroatoms. The van der Waals surface area contributed by atoms with Gasteiger partial charge in [-0.05, 0) is 19.4 Å². The molecule has 0 bridgehead atoms. The van der Waals surface area contributed by atoms with Crippen molar-refractivity contribution >= 4 is 17.7 Å². The number of thiocarbonyl (C=S) groups is 1. The van der Waals surface area contributed by atoms with Crippen molar-refractivity contribution in [3.63, 3.8) is 0 Å². The Morgan fingerprint density at radius 2 is 1.92 bits per heavy atom. The molecule has 1 nitrogen and oxygen atoms in total. The molecule has 0 aliphatic rings. The van der Waals surface area contributed by atoms with Crippen LogP contribution in [0.1, 0.15) is 19.4 Å². The van der Waals surface area contributed by atoms with Gasteiger partial charge >= 0.3 is 0 Å². The Morgan fingerprint density at radius 3 is 2.38 bits per heavy atom. The van der Waals surface area contributed by atoms with E-state index < -0.39 is 0 Å². The van der Waals surface area contributed by atoms with Gasteiger partial charge in [0, 0.05) is 12.6 Å². The van der Waals surface area contributed by atoms with Crippen LogP contribution >= 0.6 is 12.2 Å². The molecule has 1 rings (SSSR count).